The van der Waals surface area contributed by atoms with Crippen molar-refractivity contribution in [3.63, 3.8) is 0 Å². The molecular formula is C16H23NO2. The lowest BCUT2D eigenvalue weighted by molar-refractivity contribution is -0.137. The van der Waals surface area contributed by atoms with Crippen molar-refractivity contribution in [3.8, 4) is 0 Å². The highest BCUT2D eigenvalue weighted by Crippen LogP contribution is 2.27. The second-order valence-electron chi connectivity index (χ2n) is 5.51. The number of aliphatic carboxylic acids is 1. The first-order valence-corrected chi connectivity index (χ1v) is 7.16. The van der Waals surface area contributed by atoms with Gasteiger partial charge in [-0.05, 0) is 50.8 Å². The second-order valence-corrected chi connectivity index (χ2v) is 5.51. The normalized spacial score (nSPS) is 23.6. The first-order chi connectivity index (χ1) is 9.16. The maximum Gasteiger partial charge on any atom is 0.303 e. The first-order valence-electron chi connectivity index (χ1n) is 7.16. The standard InChI is InChI=1S/C16H23NO2/c1-13-15(12-14-6-3-2-4-7-14)9-11-17(13)10-5-8-16(18)19/h2-4,6-7,13,15H,5,8-12H2,1H3,(H,18,19)/t13-,15-/m0/s1. The topological polar surface area (TPSA) is 40.5 Å². The van der Waals surface area contributed by atoms with Crippen LogP contribution < -0.4 is 0 Å². The number of carbonyl (C=O) groups is 1. The summed E-state index contributed by atoms with van der Waals surface area (Å²) in [5.41, 5.74) is 1.41. The summed E-state index contributed by atoms with van der Waals surface area (Å²) in [4.78, 5) is 13.0. The van der Waals surface area contributed by atoms with E-state index in [-0.39, 0.29) is 6.42 Å². The molecule has 0 bridgehead atoms. The van der Waals surface area contributed by atoms with Crippen LogP contribution in [0.4, 0.5) is 0 Å². The molecule has 19 heavy (non-hydrogen) atoms. The third-order valence-electron chi connectivity index (χ3n) is 4.22. The highest BCUT2D eigenvalue weighted by molar-refractivity contribution is 5.66. The van der Waals surface area contributed by atoms with E-state index in [0.717, 1.165) is 25.9 Å². The zero-order chi connectivity index (χ0) is 13.7. The van der Waals surface area contributed by atoms with Gasteiger partial charge in [-0.3, -0.25) is 4.79 Å². The van der Waals surface area contributed by atoms with E-state index >= 15 is 0 Å². The Morgan fingerprint density at radius 1 is 1.37 bits per heavy atom. The monoisotopic (exact) mass is 261 g/mol. The number of hydrogen-bond donors (Lipinski definition) is 1. The van der Waals surface area contributed by atoms with Crippen LogP contribution in [0.25, 0.3) is 0 Å². The van der Waals surface area contributed by atoms with Crippen LogP contribution >= 0.6 is 0 Å². The van der Waals surface area contributed by atoms with E-state index in [2.05, 4.69) is 42.2 Å². The van der Waals surface area contributed by atoms with Crippen LogP contribution in [0.1, 0.15) is 31.7 Å². The number of benzene rings is 1. The van der Waals surface area contributed by atoms with Gasteiger partial charge in [0.05, 0.1) is 0 Å². The molecule has 1 aromatic rings. The van der Waals surface area contributed by atoms with E-state index in [0.29, 0.717) is 12.0 Å². The van der Waals surface area contributed by atoms with Crippen molar-refractivity contribution in [2.24, 2.45) is 5.92 Å². The highest BCUT2D eigenvalue weighted by Gasteiger charge is 2.30. The van der Waals surface area contributed by atoms with E-state index in [1.54, 1.807) is 0 Å². The minimum Gasteiger partial charge on any atom is -0.481 e. The lowest BCUT2D eigenvalue weighted by Crippen LogP contribution is -2.31. The quantitative estimate of drug-likeness (QED) is 0.856. The fraction of sp³-hybridized carbons (Fsp3) is 0.562. The number of rotatable bonds is 6. The summed E-state index contributed by atoms with van der Waals surface area (Å²) in [5, 5.41) is 8.68. The van der Waals surface area contributed by atoms with Gasteiger partial charge in [0.25, 0.3) is 0 Å². The smallest absolute Gasteiger partial charge is 0.303 e. The molecule has 1 fully saturated rings. The molecule has 3 nitrogen and oxygen atoms in total. The Bertz CT molecular complexity index is 404. The molecule has 0 saturated carbocycles. The van der Waals surface area contributed by atoms with Crippen molar-refractivity contribution >= 4 is 5.97 Å². The second kappa shape index (κ2) is 6.71. The zero-order valence-electron chi connectivity index (χ0n) is 11.6. The van der Waals surface area contributed by atoms with Crippen molar-refractivity contribution < 1.29 is 9.90 Å². The number of carboxylic acid groups (broad SMARTS) is 1. The van der Waals surface area contributed by atoms with Crippen LogP contribution in [0.15, 0.2) is 30.3 Å². The van der Waals surface area contributed by atoms with Gasteiger partial charge in [-0.1, -0.05) is 30.3 Å². The van der Waals surface area contributed by atoms with E-state index in [1.165, 1.54) is 12.0 Å². The average Bonchev–Trinajstić information content (AvgIpc) is 2.72. The van der Waals surface area contributed by atoms with Gasteiger partial charge in [0, 0.05) is 12.5 Å². The van der Waals surface area contributed by atoms with Crippen molar-refractivity contribution in [1.29, 1.82) is 0 Å². The van der Waals surface area contributed by atoms with Crippen LogP contribution in [-0.2, 0) is 11.2 Å². The summed E-state index contributed by atoms with van der Waals surface area (Å²) in [5.74, 6) is 0.0138. The SMILES string of the molecule is C[C@H]1[C@H](Cc2ccccc2)CCN1CCCC(=O)O. The zero-order valence-corrected chi connectivity index (χ0v) is 11.6. The minimum absolute atomic E-state index is 0.284. The Labute approximate surface area is 115 Å². The van der Waals surface area contributed by atoms with Gasteiger partial charge in [-0.2, -0.15) is 0 Å². The highest BCUT2D eigenvalue weighted by atomic mass is 16.4. The summed E-state index contributed by atoms with van der Waals surface area (Å²) in [6, 6.07) is 11.2. The molecule has 1 heterocycles. The predicted octanol–water partition coefficient (Wildman–Crippen LogP) is 2.80. The van der Waals surface area contributed by atoms with Gasteiger partial charge in [-0.25, -0.2) is 0 Å². The van der Waals surface area contributed by atoms with Gasteiger partial charge in [-0.15, -0.1) is 0 Å². The third-order valence-corrected chi connectivity index (χ3v) is 4.22. The minimum atomic E-state index is -0.687. The van der Waals surface area contributed by atoms with E-state index < -0.39 is 5.97 Å². The molecule has 1 N–H and O–H groups in total. The molecule has 0 aromatic heterocycles. The van der Waals surface area contributed by atoms with Crippen molar-refractivity contribution in [3.05, 3.63) is 35.9 Å². The summed E-state index contributed by atoms with van der Waals surface area (Å²) >= 11 is 0. The maximum atomic E-state index is 10.5. The summed E-state index contributed by atoms with van der Waals surface area (Å²) in [7, 11) is 0. The maximum absolute atomic E-state index is 10.5. The Morgan fingerprint density at radius 2 is 2.11 bits per heavy atom. The molecule has 0 unspecified atom stereocenters. The molecular weight excluding hydrogens is 238 g/mol. The van der Waals surface area contributed by atoms with Gasteiger partial charge in [0.15, 0.2) is 0 Å². The lowest BCUT2D eigenvalue weighted by atomic mass is 9.93. The molecule has 1 aromatic carbocycles. The summed E-state index contributed by atoms with van der Waals surface area (Å²) in [6.07, 6.45) is 3.41. The Morgan fingerprint density at radius 3 is 2.79 bits per heavy atom. The Balaban J connectivity index is 1.80. The Hall–Kier alpha value is -1.35. The molecule has 104 valence electrons. The van der Waals surface area contributed by atoms with Crippen LogP contribution in [0, 0.1) is 5.92 Å². The molecule has 2 atom stereocenters. The van der Waals surface area contributed by atoms with Crippen molar-refractivity contribution in [1.82, 2.24) is 4.90 Å². The molecule has 3 heteroatoms. The van der Waals surface area contributed by atoms with Crippen molar-refractivity contribution in [2.45, 2.75) is 38.6 Å². The molecule has 1 aliphatic heterocycles. The largest absolute Gasteiger partial charge is 0.481 e. The van der Waals surface area contributed by atoms with Crippen molar-refractivity contribution in [2.75, 3.05) is 13.1 Å². The summed E-state index contributed by atoms with van der Waals surface area (Å²) < 4.78 is 0. The molecule has 0 amide bonds. The molecule has 1 saturated heterocycles. The average molecular weight is 261 g/mol. The van der Waals surface area contributed by atoms with Gasteiger partial charge >= 0.3 is 5.97 Å². The number of carboxylic acids is 1. The van der Waals surface area contributed by atoms with E-state index in [9.17, 15) is 4.79 Å². The van der Waals surface area contributed by atoms with Crippen LogP contribution in [0.5, 0.6) is 0 Å². The van der Waals surface area contributed by atoms with E-state index in [1.807, 2.05) is 0 Å². The predicted molar refractivity (Wildman–Crippen MR) is 76.2 cm³/mol. The lowest BCUT2D eigenvalue weighted by Gasteiger charge is -2.24. The van der Waals surface area contributed by atoms with Crippen LogP contribution in [0.3, 0.4) is 0 Å². The Kier molecular flexibility index (Phi) is 4.97. The van der Waals surface area contributed by atoms with E-state index in [4.69, 9.17) is 5.11 Å². The first kappa shape index (κ1) is 14.1. The van der Waals surface area contributed by atoms with Crippen LogP contribution in [0.2, 0.25) is 0 Å². The molecule has 1 aliphatic rings. The van der Waals surface area contributed by atoms with Crippen LogP contribution in [-0.4, -0.2) is 35.1 Å². The fourth-order valence-electron chi connectivity index (χ4n) is 3.01. The summed E-state index contributed by atoms with van der Waals surface area (Å²) in [6.45, 7) is 4.30. The molecule has 0 radical (unpaired) electrons. The molecule has 2 rings (SSSR count). The molecule has 0 spiro atoms. The van der Waals surface area contributed by atoms with Gasteiger partial charge in [0.1, 0.15) is 0 Å². The van der Waals surface area contributed by atoms with Gasteiger partial charge in [0.2, 0.25) is 0 Å². The molecule has 0 aliphatic carbocycles. The van der Waals surface area contributed by atoms with Gasteiger partial charge < -0.3 is 10.0 Å². The number of likely N-dealkylation sites (tertiary alicyclic amines) is 1. The fourth-order valence-corrected chi connectivity index (χ4v) is 3.01. The third kappa shape index (κ3) is 4.06. The number of hydrogen-bond acceptors (Lipinski definition) is 2. The number of nitrogens with zero attached hydrogens (tertiary/aromatic N) is 1.